The highest BCUT2D eigenvalue weighted by Gasteiger charge is 1.93. The Hall–Kier alpha value is -1.99. The Kier molecular flexibility index (Phi) is 7.14. The monoisotopic (exact) mass is 276 g/mol. The fraction of sp³-hybridized carbons (Fsp3) is 0.286. The molecule has 0 fully saturated rings. The molecule has 100 valence electrons. The van der Waals surface area contributed by atoms with Gasteiger partial charge in [-0.15, -0.1) is 0 Å². The van der Waals surface area contributed by atoms with Gasteiger partial charge in [-0.25, -0.2) is 0 Å². The minimum Gasteiger partial charge on any atom is -0.356 e. The maximum atomic E-state index is 8.45. The lowest BCUT2D eigenvalue weighted by Gasteiger charge is -2.05. The van der Waals surface area contributed by atoms with Crippen molar-refractivity contribution < 1.29 is 0 Å². The molecule has 0 saturated heterocycles. The summed E-state index contributed by atoms with van der Waals surface area (Å²) in [6, 6.07) is 7.73. The molecule has 0 aliphatic carbocycles. The first kappa shape index (κ1) is 15.1. The summed E-state index contributed by atoms with van der Waals surface area (Å²) >= 11 is 5.90. The van der Waals surface area contributed by atoms with Crippen molar-refractivity contribution in [3.63, 3.8) is 0 Å². The van der Waals surface area contributed by atoms with Gasteiger partial charge < -0.3 is 5.32 Å². The molecule has 0 spiro atoms. The molecule has 4 nitrogen and oxygen atoms in total. The number of aliphatic imine (C=N–C) groups is 1. The molecule has 1 rings (SSSR count). The number of halogens is 1. The van der Waals surface area contributed by atoms with Gasteiger partial charge >= 0.3 is 0 Å². The summed E-state index contributed by atoms with van der Waals surface area (Å²) in [6.45, 7) is 0.765. The van der Waals surface area contributed by atoms with Gasteiger partial charge in [0.25, 0.3) is 0 Å². The number of hydrogen-bond acceptors (Lipinski definition) is 2. The summed E-state index contributed by atoms with van der Waals surface area (Å²) in [6.07, 6.45) is 7.89. The van der Waals surface area contributed by atoms with Crippen molar-refractivity contribution in [2.45, 2.75) is 12.8 Å². The predicted molar refractivity (Wildman–Crippen MR) is 79.8 cm³/mol. The zero-order valence-corrected chi connectivity index (χ0v) is 11.6. The molecule has 0 bridgehead atoms. The number of benzene rings is 1. The van der Waals surface area contributed by atoms with E-state index in [2.05, 4.69) is 21.7 Å². The molecule has 5 heteroatoms. The van der Waals surface area contributed by atoms with Crippen LogP contribution in [0.25, 0.3) is 6.08 Å². The van der Waals surface area contributed by atoms with Crippen LogP contribution < -0.4 is 10.6 Å². The van der Waals surface area contributed by atoms with Crippen LogP contribution in [0.1, 0.15) is 18.4 Å². The first-order valence-corrected chi connectivity index (χ1v) is 6.42. The summed E-state index contributed by atoms with van der Waals surface area (Å²) in [5.41, 5.74) is 1.10. The van der Waals surface area contributed by atoms with Gasteiger partial charge in [0.1, 0.15) is 0 Å². The summed E-state index contributed by atoms with van der Waals surface area (Å²) in [5.74, 6) is 0.501. The van der Waals surface area contributed by atoms with Gasteiger partial charge in [-0.1, -0.05) is 35.9 Å². The second kappa shape index (κ2) is 9.01. The van der Waals surface area contributed by atoms with Crippen LogP contribution in [0.15, 0.2) is 35.3 Å². The fourth-order valence-corrected chi connectivity index (χ4v) is 1.69. The Morgan fingerprint density at radius 2 is 2.37 bits per heavy atom. The van der Waals surface area contributed by atoms with Gasteiger partial charge in [0.05, 0.1) is 0 Å². The Bertz CT molecular complexity index is 488. The van der Waals surface area contributed by atoms with Gasteiger partial charge in [0, 0.05) is 18.6 Å². The molecule has 0 radical (unpaired) electrons. The van der Waals surface area contributed by atoms with Crippen LogP contribution in [-0.4, -0.2) is 19.6 Å². The average Bonchev–Trinajstić information content (AvgIpc) is 2.41. The smallest absolute Gasteiger partial charge is 0.204 e. The third kappa shape index (κ3) is 6.49. The van der Waals surface area contributed by atoms with E-state index < -0.39 is 0 Å². The maximum absolute atomic E-state index is 8.45. The van der Waals surface area contributed by atoms with Crippen molar-refractivity contribution >= 4 is 23.6 Å². The molecule has 0 unspecified atom stereocenters. The van der Waals surface area contributed by atoms with Crippen LogP contribution in [0.2, 0.25) is 5.02 Å². The topological polar surface area (TPSA) is 60.2 Å². The Balaban J connectivity index is 2.23. The quantitative estimate of drug-likeness (QED) is 0.286. The molecule has 2 N–H and O–H groups in total. The van der Waals surface area contributed by atoms with Crippen LogP contribution in [0.5, 0.6) is 0 Å². The van der Waals surface area contributed by atoms with Gasteiger partial charge in [0.2, 0.25) is 5.96 Å². The summed E-state index contributed by atoms with van der Waals surface area (Å²) < 4.78 is 0. The minimum absolute atomic E-state index is 0.501. The highest BCUT2D eigenvalue weighted by molar-refractivity contribution is 6.30. The molecule has 1 aromatic rings. The Morgan fingerprint density at radius 3 is 3.05 bits per heavy atom. The number of nitriles is 1. The third-order valence-corrected chi connectivity index (χ3v) is 2.63. The van der Waals surface area contributed by atoms with E-state index in [4.69, 9.17) is 16.9 Å². The van der Waals surface area contributed by atoms with Gasteiger partial charge in [-0.05, 0) is 30.5 Å². The lowest BCUT2D eigenvalue weighted by molar-refractivity contribution is 0.776. The normalized spacial score (nSPS) is 11.3. The molecule has 19 heavy (non-hydrogen) atoms. The average molecular weight is 277 g/mol. The lowest BCUT2D eigenvalue weighted by atomic mass is 10.2. The van der Waals surface area contributed by atoms with Crippen molar-refractivity contribution in [3.05, 3.63) is 40.9 Å². The van der Waals surface area contributed by atoms with Crippen LogP contribution >= 0.6 is 11.6 Å². The van der Waals surface area contributed by atoms with Crippen LogP contribution in [0.4, 0.5) is 0 Å². The highest BCUT2D eigenvalue weighted by Crippen LogP contribution is 2.12. The third-order valence-electron chi connectivity index (χ3n) is 2.40. The van der Waals surface area contributed by atoms with E-state index in [0.717, 1.165) is 30.0 Å². The zero-order valence-electron chi connectivity index (χ0n) is 10.9. The fourth-order valence-electron chi connectivity index (χ4n) is 1.49. The van der Waals surface area contributed by atoms with Crippen molar-refractivity contribution in [2.75, 3.05) is 13.6 Å². The number of nitrogens with zero attached hydrogens (tertiary/aromatic N) is 2. The second-order valence-corrected chi connectivity index (χ2v) is 4.27. The van der Waals surface area contributed by atoms with Crippen LogP contribution in [-0.2, 0) is 0 Å². The van der Waals surface area contributed by atoms with Crippen molar-refractivity contribution in [1.29, 1.82) is 5.26 Å². The van der Waals surface area contributed by atoms with E-state index in [1.54, 1.807) is 7.05 Å². The lowest BCUT2D eigenvalue weighted by Crippen LogP contribution is -2.34. The number of nitrogens with one attached hydrogen (secondary N) is 2. The Morgan fingerprint density at radius 1 is 1.53 bits per heavy atom. The molecular formula is C14H17ClN4. The van der Waals surface area contributed by atoms with Crippen LogP contribution in [0.3, 0.4) is 0 Å². The number of rotatable bonds is 5. The summed E-state index contributed by atoms with van der Waals surface area (Å²) in [5, 5.41) is 14.7. The van der Waals surface area contributed by atoms with E-state index in [1.807, 2.05) is 36.5 Å². The minimum atomic E-state index is 0.501. The van der Waals surface area contributed by atoms with E-state index in [1.165, 1.54) is 0 Å². The zero-order chi connectivity index (χ0) is 13.9. The number of guanidine groups is 1. The summed E-state index contributed by atoms with van der Waals surface area (Å²) in [7, 11) is 1.63. The maximum Gasteiger partial charge on any atom is 0.204 e. The van der Waals surface area contributed by atoms with E-state index in [9.17, 15) is 0 Å². The number of unbranched alkanes of at least 4 members (excludes halogenated alkanes) is 1. The molecule has 1 aromatic carbocycles. The molecule has 0 atom stereocenters. The summed E-state index contributed by atoms with van der Waals surface area (Å²) in [4.78, 5) is 3.89. The SMILES string of the molecule is CN=C(NC#N)NCCC/C=C\c1cccc(Cl)c1. The Labute approximate surface area is 118 Å². The standard InChI is InChI=1S/C14H17ClN4/c1-17-14(19-11-16)18-9-4-2-3-6-12-7-5-8-13(15)10-12/h3,5-8,10H,2,4,9H2,1H3,(H2,17,18,19)/b6-3-. The van der Waals surface area contributed by atoms with Gasteiger partial charge in [-0.3, -0.25) is 10.3 Å². The van der Waals surface area contributed by atoms with Crippen molar-refractivity contribution in [2.24, 2.45) is 4.99 Å². The second-order valence-electron chi connectivity index (χ2n) is 3.84. The molecule has 0 aliphatic heterocycles. The molecule has 0 aromatic heterocycles. The van der Waals surface area contributed by atoms with E-state index >= 15 is 0 Å². The van der Waals surface area contributed by atoms with Gasteiger partial charge in [-0.2, -0.15) is 5.26 Å². The number of hydrogen-bond donors (Lipinski definition) is 2. The molecule has 0 saturated carbocycles. The largest absolute Gasteiger partial charge is 0.356 e. The predicted octanol–water partition coefficient (Wildman–Crippen LogP) is 2.78. The molecule has 0 aliphatic rings. The first-order valence-electron chi connectivity index (χ1n) is 6.04. The van der Waals surface area contributed by atoms with E-state index in [-0.39, 0.29) is 0 Å². The van der Waals surface area contributed by atoms with Crippen molar-refractivity contribution in [1.82, 2.24) is 10.6 Å². The molecule has 0 amide bonds. The number of allylic oxidation sites excluding steroid dienone is 1. The van der Waals surface area contributed by atoms with Crippen molar-refractivity contribution in [3.8, 4) is 6.19 Å². The highest BCUT2D eigenvalue weighted by atomic mass is 35.5. The molecule has 0 heterocycles. The van der Waals surface area contributed by atoms with E-state index in [0.29, 0.717) is 5.96 Å². The van der Waals surface area contributed by atoms with Crippen LogP contribution in [0, 0.1) is 11.5 Å². The molecular weight excluding hydrogens is 260 g/mol. The van der Waals surface area contributed by atoms with Gasteiger partial charge in [0.15, 0.2) is 6.19 Å². The first-order chi connectivity index (χ1) is 9.26.